The van der Waals surface area contributed by atoms with Crippen LogP contribution in [0.2, 0.25) is 0 Å². The highest BCUT2D eigenvalue weighted by Crippen LogP contribution is 2.37. The smallest absolute Gasteiger partial charge is 0.372 e. The number of aromatic nitrogens is 2. The molecule has 2 rings (SSSR count). The summed E-state index contributed by atoms with van der Waals surface area (Å²) in [5.74, 6) is 0.218. The predicted molar refractivity (Wildman–Crippen MR) is 74.9 cm³/mol. The van der Waals surface area contributed by atoms with E-state index in [0.717, 1.165) is 12.8 Å². The molecular formula is C13H20N4O3. The van der Waals surface area contributed by atoms with E-state index in [1.165, 1.54) is 32.7 Å². The molecule has 1 aromatic heterocycles. The second-order valence-corrected chi connectivity index (χ2v) is 5.56. The number of nitrogens with one attached hydrogen (secondary N) is 1. The molecule has 1 aliphatic carbocycles. The molecule has 1 heterocycles. The lowest BCUT2D eigenvalue weighted by molar-refractivity contribution is -0.385. The van der Waals surface area contributed by atoms with Gasteiger partial charge in [0.2, 0.25) is 5.82 Å². The molecule has 20 heavy (non-hydrogen) atoms. The average Bonchev–Trinajstić information content (AvgIpc) is 2.45. The van der Waals surface area contributed by atoms with Crippen LogP contribution in [0.1, 0.15) is 39.0 Å². The van der Waals surface area contributed by atoms with Crippen molar-refractivity contribution >= 4 is 11.5 Å². The maximum absolute atomic E-state index is 11.1. The molecule has 0 aliphatic heterocycles. The Kier molecular flexibility index (Phi) is 4.36. The van der Waals surface area contributed by atoms with E-state index in [1.807, 2.05) is 0 Å². The summed E-state index contributed by atoms with van der Waals surface area (Å²) in [6.07, 6.45) is 7.25. The van der Waals surface area contributed by atoms with Crippen molar-refractivity contribution in [2.45, 2.75) is 39.0 Å². The van der Waals surface area contributed by atoms with Gasteiger partial charge in [0, 0.05) is 6.54 Å². The van der Waals surface area contributed by atoms with E-state index in [1.54, 1.807) is 0 Å². The van der Waals surface area contributed by atoms with Gasteiger partial charge in [0.25, 0.3) is 5.88 Å². The average molecular weight is 280 g/mol. The van der Waals surface area contributed by atoms with Gasteiger partial charge in [0.05, 0.1) is 12.0 Å². The number of hydrogen-bond acceptors (Lipinski definition) is 6. The van der Waals surface area contributed by atoms with E-state index in [2.05, 4.69) is 22.2 Å². The Morgan fingerprint density at radius 3 is 2.70 bits per heavy atom. The Hall–Kier alpha value is -1.92. The normalized spacial score (nSPS) is 17.5. The van der Waals surface area contributed by atoms with Crippen LogP contribution in [-0.2, 0) is 0 Å². The van der Waals surface area contributed by atoms with E-state index >= 15 is 0 Å². The SMILES string of the molecule is COc1ncnc(NCC2(C)CCCCC2)c1[N+](=O)[O-]. The monoisotopic (exact) mass is 280 g/mol. The number of ether oxygens (including phenoxy) is 1. The predicted octanol–water partition coefficient (Wildman–Crippen LogP) is 2.78. The Morgan fingerprint density at radius 1 is 1.40 bits per heavy atom. The van der Waals surface area contributed by atoms with Crippen LogP contribution in [0.25, 0.3) is 0 Å². The van der Waals surface area contributed by atoms with Crippen LogP contribution >= 0.6 is 0 Å². The minimum absolute atomic E-state index is 0.0127. The van der Waals surface area contributed by atoms with Crippen molar-refractivity contribution in [3.05, 3.63) is 16.4 Å². The van der Waals surface area contributed by atoms with E-state index in [0.29, 0.717) is 6.54 Å². The molecule has 0 saturated heterocycles. The van der Waals surface area contributed by atoms with Gasteiger partial charge < -0.3 is 10.1 Å². The molecule has 1 fully saturated rings. The first-order valence-corrected chi connectivity index (χ1v) is 6.83. The first-order chi connectivity index (χ1) is 9.56. The van der Waals surface area contributed by atoms with Gasteiger partial charge >= 0.3 is 5.69 Å². The number of nitro groups is 1. The topological polar surface area (TPSA) is 90.2 Å². The van der Waals surface area contributed by atoms with Gasteiger partial charge in [0.1, 0.15) is 6.33 Å². The van der Waals surface area contributed by atoms with Crippen molar-refractivity contribution in [1.82, 2.24) is 9.97 Å². The van der Waals surface area contributed by atoms with Crippen molar-refractivity contribution in [3.8, 4) is 5.88 Å². The van der Waals surface area contributed by atoms with E-state index in [-0.39, 0.29) is 22.8 Å². The van der Waals surface area contributed by atoms with Crippen LogP contribution in [0, 0.1) is 15.5 Å². The highest BCUT2D eigenvalue weighted by atomic mass is 16.6. The van der Waals surface area contributed by atoms with Crippen molar-refractivity contribution in [3.63, 3.8) is 0 Å². The van der Waals surface area contributed by atoms with Crippen molar-refractivity contribution in [2.24, 2.45) is 5.41 Å². The molecule has 1 aromatic rings. The molecule has 0 amide bonds. The Balaban J connectivity index is 2.14. The molecule has 110 valence electrons. The molecule has 0 aromatic carbocycles. The number of nitrogens with zero attached hydrogens (tertiary/aromatic N) is 3. The third kappa shape index (κ3) is 3.15. The molecule has 0 spiro atoms. The van der Waals surface area contributed by atoms with E-state index in [9.17, 15) is 10.1 Å². The Bertz CT molecular complexity index is 487. The summed E-state index contributed by atoms with van der Waals surface area (Å²) in [6, 6.07) is 0. The van der Waals surface area contributed by atoms with Crippen LogP contribution in [0.4, 0.5) is 11.5 Å². The minimum atomic E-state index is -0.510. The second kappa shape index (κ2) is 6.02. The lowest BCUT2D eigenvalue weighted by atomic mass is 9.76. The van der Waals surface area contributed by atoms with Crippen molar-refractivity contribution in [1.29, 1.82) is 0 Å². The quantitative estimate of drug-likeness (QED) is 0.658. The summed E-state index contributed by atoms with van der Waals surface area (Å²) < 4.78 is 4.93. The highest BCUT2D eigenvalue weighted by Gasteiger charge is 2.29. The fraction of sp³-hybridized carbons (Fsp3) is 0.692. The fourth-order valence-electron chi connectivity index (χ4n) is 2.69. The zero-order chi connectivity index (χ0) is 14.6. The number of methoxy groups -OCH3 is 1. The van der Waals surface area contributed by atoms with Crippen LogP contribution in [-0.4, -0.2) is 28.5 Å². The Morgan fingerprint density at radius 2 is 2.10 bits per heavy atom. The summed E-state index contributed by atoms with van der Waals surface area (Å²) in [6.45, 7) is 2.89. The van der Waals surface area contributed by atoms with Crippen LogP contribution in [0.5, 0.6) is 5.88 Å². The minimum Gasteiger partial charge on any atom is -0.476 e. The lowest BCUT2D eigenvalue weighted by Crippen LogP contribution is -2.29. The van der Waals surface area contributed by atoms with Crippen molar-refractivity contribution < 1.29 is 9.66 Å². The van der Waals surface area contributed by atoms with E-state index in [4.69, 9.17) is 4.74 Å². The molecule has 1 N–H and O–H groups in total. The molecule has 0 bridgehead atoms. The largest absolute Gasteiger partial charge is 0.476 e. The summed E-state index contributed by atoms with van der Waals surface area (Å²) in [7, 11) is 1.36. The molecule has 7 nitrogen and oxygen atoms in total. The van der Waals surface area contributed by atoms with Gasteiger partial charge in [-0.05, 0) is 18.3 Å². The lowest BCUT2D eigenvalue weighted by Gasteiger charge is -2.33. The third-order valence-electron chi connectivity index (χ3n) is 3.91. The molecular weight excluding hydrogens is 260 g/mol. The van der Waals surface area contributed by atoms with Gasteiger partial charge in [-0.1, -0.05) is 26.2 Å². The zero-order valence-electron chi connectivity index (χ0n) is 11.9. The standard InChI is InChI=1S/C13H20N4O3/c1-13(6-4-3-5-7-13)8-14-11-10(17(18)19)12(20-2)16-9-15-11/h9H,3-8H2,1-2H3,(H,14,15,16). The Labute approximate surface area is 117 Å². The zero-order valence-corrected chi connectivity index (χ0v) is 11.9. The fourth-order valence-corrected chi connectivity index (χ4v) is 2.69. The number of rotatable bonds is 5. The molecule has 1 aliphatic rings. The van der Waals surface area contributed by atoms with Gasteiger partial charge in [-0.3, -0.25) is 10.1 Å². The van der Waals surface area contributed by atoms with Crippen LogP contribution in [0.15, 0.2) is 6.33 Å². The van der Waals surface area contributed by atoms with Crippen LogP contribution in [0.3, 0.4) is 0 Å². The van der Waals surface area contributed by atoms with E-state index < -0.39 is 4.92 Å². The van der Waals surface area contributed by atoms with Crippen molar-refractivity contribution in [2.75, 3.05) is 19.0 Å². The number of hydrogen-bond donors (Lipinski definition) is 1. The van der Waals surface area contributed by atoms with Gasteiger partial charge in [0.15, 0.2) is 0 Å². The molecule has 0 radical (unpaired) electrons. The van der Waals surface area contributed by atoms with Crippen LogP contribution < -0.4 is 10.1 Å². The molecule has 0 atom stereocenters. The summed E-state index contributed by atoms with van der Waals surface area (Å²) in [5.41, 5.74) is -0.0287. The third-order valence-corrected chi connectivity index (χ3v) is 3.91. The molecule has 0 unspecified atom stereocenters. The summed E-state index contributed by atoms with van der Waals surface area (Å²) in [5, 5.41) is 14.2. The van der Waals surface area contributed by atoms with Gasteiger partial charge in [-0.15, -0.1) is 0 Å². The number of anilines is 1. The van der Waals surface area contributed by atoms with Gasteiger partial charge in [-0.25, -0.2) is 4.98 Å². The first-order valence-electron chi connectivity index (χ1n) is 6.83. The van der Waals surface area contributed by atoms with Gasteiger partial charge in [-0.2, -0.15) is 4.98 Å². The maximum Gasteiger partial charge on any atom is 0.372 e. The highest BCUT2D eigenvalue weighted by molar-refractivity contribution is 5.61. The first kappa shape index (κ1) is 14.5. The molecule has 7 heteroatoms. The maximum atomic E-state index is 11.1. The second-order valence-electron chi connectivity index (χ2n) is 5.56. The summed E-state index contributed by atoms with van der Waals surface area (Å²) in [4.78, 5) is 18.4. The molecule has 1 saturated carbocycles. The summed E-state index contributed by atoms with van der Waals surface area (Å²) >= 11 is 0.